The van der Waals surface area contributed by atoms with Crippen LogP contribution in [0.2, 0.25) is 0 Å². The summed E-state index contributed by atoms with van der Waals surface area (Å²) in [5, 5.41) is 17.3. The fourth-order valence-corrected chi connectivity index (χ4v) is 4.53. The molecule has 36 heavy (non-hydrogen) atoms. The van der Waals surface area contributed by atoms with Crippen molar-refractivity contribution < 1.29 is 13.9 Å². The van der Waals surface area contributed by atoms with Gasteiger partial charge >= 0.3 is 6.03 Å². The van der Waals surface area contributed by atoms with Crippen LogP contribution < -0.4 is 9.64 Å². The van der Waals surface area contributed by atoms with E-state index in [4.69, 9.17) is 4.74 Å². The normalized spacial score (nSPS) is 13.8. The maximum absolute atomic E-state index is 13.6. The first-order chi connectivity index (χ1) is 17.6. The van der Waals surface area contributed by atoms with E-state index in [-0.39, 0.29) is 17.9 Å². The average Bonchev–Trinajstić information content (AvgIpc) is 3.34. The highest BCUT2D eigenvalue weighted by Gasteiger charge is 2.30. The molecule has 2 heterocycles. The highest BCUT2D eigenvalue weighted by atomic mass is 19.1. The molecule has 1 fully saturated rings. The van der Waals surface area contributed by atoms with Crippen molar-refractivity contribution in [3.63, 3.8) is 0 Å². The van der Waals surface area contributed by atoms with Crippen molar-refractivity contribution in [1.82, 2.24) is 19.9 Å². The lowest BCUT2D eigenvalue weighted by atomic mass is 10.0. The predicted molar refractivity (Wildman–Crippen MR) is 133 cm³/mol. The van der Waals surface area contributed by atoms with Crippen LogP contribution in [0, 0.1) is 17.1 Å². The van der Waals surface area contributed by atoms with Gasteiger partial charge in [-0.3, -0.25) is 0 Å². The van der Waals surface area contributed by atoms with Crippen LogP contribution in [0.3, 0.4) is 0 Å². The molecule has 1 aromatic heterocycles. The smallest absolute Gasteiger partial charge is 0.346 e. The van der Waals surface area contributed by atoms with Gasteiger partial charge in [-0.1, -0.05) is 11.8 Å². The fourth-order valence-electron chi connectivity index (χ4n) is 4.53. The largest absolute Gasteiger partial charge is 0.466 e. The van der Waals surface area contributed by atoms with Crippen molar-refractivity contribution in [1.29, 1.82) is 5.26 Å². The average molecular weight is 483 g/mol. The number of amides is 1. The number of ether oxygens (including phenoxy) is 1. The molecule has 3 aromatic carbocycles. The SMILES string of the molecule is C=COc1ccc(N(c2ccc(F)cc2)C2CCN(C(=O)n3nnc4ccc(C#N)cc43)CC2)cc1. The number of benzene rings is 3. The number of carbonyl (C=O) groups excluding carboxylic acids is 1. The Hall–Kier alpha value is -4.71. The first-order valence-corrected chi connectivity index (χ1v) is 11.5. The Morgan fingerprint density at radius 2 is 1.75 bits per heavy atom. The number of likely N-dealkylation sites (tertiary alicyclic amines) is 1. The standard InChI is InChI=1S/C27H23FN6O2/c1-2-36-24-10-8-22(9-11-24)33(21-6-4-20(28)5-7-21)23-13-15-32(16-14-23)27(35)34-26-17-19(18-29)3-12-25(26)30-31-34/h2-12,17,23H,1,13-16H2. The molecule has 0 spiro atoms. The van der Waals surface area contributed by atoms with E-state index in [1.807, 2.05) is 24.3 Å². The lowest BCUT2D eigenvalue weighted by Gasteiger charge is -2.39. The number of hydrogen-bond acceptors (Lipinski definition) is 6. The van der Waals surface area contributed by atoms with Gasteiger partial charge in [0.25, 0.3) is 0 Å². The molecular formula is C27H23FN6O2. The van der Waals surface area contributed by atoms with Crippen LogP contribution in [-0.2, 0) is 0 Å². The molecule has 8 nitrogen and oxygen atoms in total. The summed E-state index contributed by atoms with van der Waals surface area (Å²) in [4.78, 5) is 17.2. The Bertz CT molecular complexity index is 1430. The Morgan fingerprint density at radius 3 is 2.39 bits per heavy atom. The zero-order valence-corrected chi connectivity index (χ0v) is 19.4. The molecule has 1 saturated heterocycles. The number of anilines is 2. The van der Waals surface area contributed by atoms with Crippen molar-refractivity contribution in [2.75, 3.05) is 18.0 Å². The first kappa shape index (κ1) is 23.1. The molecule has 9 heteroatoms. The number of nitrogens with zero attached hydrogens (tertiary/aromatic N) is 6. The van der Waals surface area contributed by atoms with Crippen molar-refractivity contribution in [2.45, 2.75) is 18.9 Å². The van der Waals surface area contributed by atoms with Gasteiger partial charge in [-0.15, -0.1) is 5.10 Å². The molecular weight excluding hydrogens is 459 g/mol. The summed E-state index contributed by atoms with van der Waals surface area (Å²) in [5.74, 6) is 0.376. The van der Waals surface area contributed by atoms with E-state index in [1.165, 1.54) is 23.1 Å². The number of piperidine rings is 1. The summed E-state index contributed by atoms with van der Waals surface area (Å²) >= 11 is 0. The van der Waals surface area contributed by atoms with Crippen LogP contribution in [0.5, 0.6) is 5.75 Å². The number of hydrogen-bond donors (Lipinski definition) is 0. The van der Waals surface area contributed by atoms with Gasteiger partial charge in [-0.05, 0) is 79.6 Å². The molecule has 4 aromatic rings. The van der Waals surface area contributed by atoms with E-state index < -0.39 is 0 Å². The quantitative estimate of drug-likeness (QED) is 0.362. The van der Waals surface area contributed by atoms with Crippen molar-refractivity contribution in [2.24, 2.45) is 0 Å². The highest BCUT2D eigenvalue weighted by molar-refractivity contribution is 5.88. The van der Waals surface area contributed by atoms with Crippen LogP contribution in [0.1, 0.15) is 18.4 Å². The second kappa shape index (κ2) is 9.88. The lowest BCUT2D eigenvalue weighted by Crippen LogP contribution is -2.47. The second-order valence-electron chi connectivity index (χ2n) is 8.44. The number of carbonyl (C=O) groups is 1. The van der Waals surface area contributed by atoms with Crippen LogP contribution in [0.15, 0.2) is 79.6 Å². The maximum atomic E-state index is 13.6. The van der Waals surface area contributed by atoms with E-state index in [1.54, 1.807) is 35.2 Å². The third-order valence-corrected chi connectivity index (χ3v) is 6.30. The Balaban J connectivity index is 1.37. The van der Waals surface area contributed by atoms with E-state index in [0.717, 1.165) is 11.4 Å². The molecule has 1 aliphatic rings. The molecule has 0 saturated carbocycles. The van der Waals surface area contributed by atoms with Gasteiger partial charge in [-0.2, -0.15) is 9.94 Å². The van der Waals surface area contributed by atoms with Gasteiger partial charge in [0.05, 0.1) is 17.9 Å². The van der Waals surface area contributed by atoms with Crippen LogP contribution in [0.4, 0.5) is 20.6 Å². The summed E-state index contributed by atoms with van der Waals surface area (Å²) in [6, 6.07) is 20.9. The molecule has 1 aliphatic heterocycles. The minimum absolute atomic E-state index is 0.0865. The Kier molecular flexibility index (Phi) is 6.33. The summed E-state index contributed by atoms with van der Waals surface area (Å²) < 4.78 is 20.3. The van der Waals surface area contributed by atoms with Crippen LogP contribution in [0.25, 0.3) is 11.0 Å². The summed E-state index contributed by atoms with van der Waals surface area (Å²) in [6.45, 7) is 4.61. The van der Waals surface area contributed by atoms with Gasteiger partial charge in [0.2, 0.25) is 0 Å². The van der Waals surface area contributed by atoms with Gasteiger partial charge in [0.15, 0.2) is 0 Å². The Morgan fingerprint density at radius 1 is 1.08 bits per heavy atom. The molecule has 0 atom stereocenters. The van der Waals surface area contributed by atoms with Crippen molar-refractivity contribution in [3.05, 3.63) is 91.0 Å². The molecule has 0 radical (unpaired) electrons. The molecule has 0 aliphatic carbocycles. The number of nitriles is 1. The number of halogens is 1. The number of rotatable bonds is 5. The van der Waals surface area contributed by atoms with Crippen LogP contribution in [-0.4, -0.2) is 45.1 Å². The van der Waals surface area contributed by atoms with Gasteiger partial charge < -0.3 is 14.5 Å². The lowest BCUT2D eigenvalue weighted by molar-refractivity contribution is 0.180. The third-order valence-electron chi connectivity index (χ3n) is 6.30. The van der Waals surface area contributed by atoms with E-state index in [2.05, 4.69) is 27.9 Å². The second-order valence-corrected chi connectivity index (χ2v) is 8.44. The maximum Gasteiger partial charge on any atom is 0.346 e. The molecule has 180 valence electrons. The van der Waals surface area contributed by atoms with Crippen molar-refractivity contribution >= 4 is 28.4 Å². The minimum atomic E-state index is -0.298. The van der Waals surface area contributed by atoms with E-state index in [9.17, 15) is 14.4 Å². The summed E-state index contributed by atoms with van der Waals surface area (Å²) in [5.41, 5.74) is 3.32. The first-order valence-electron chi connectivity index (χ1n) is 11.5. The molecule has 5 rings (SSSR count). The molecule has 0 bridgehead atoms. The highest BCUT2D eigenvalue weighted by Crippen LogP contribution is 2.33. The van der Waals surface area contributed by atoms with Crippen molar-refractivity contribution in [3.8, 4) is 11.8 Å². The summed E-state index contributed by atoms with van der Waals surface area (Å²) in [7, 11) is 0. The molecule has 1 amide bonds. The third kappa shape index (κ3) is 4.49. The zero-order chi connectivity index (χ0) is 25.1. The number of aromatic nitrogens is 3. The summed E-state index contributed by atoms with van der Waals surface area (Å²) in [6.07, 6.45) is 2.77. The predicted octanol–water partition coefficient (Wildman–Crippen LogP) is 5.24. The Labute approximate surface area is 207 Å². The monoisotopic (exact) mass is 482 g/mol. The van der Waals surface area contributed by atoms with Gasteiger partial charge in [0, 0.05) is 30.5 Å². The molecule has 0 N–H and O–H groups in total. The van der Waals surface area contributed by atoms with E-state index >= 15 is 0 Å². The fraction of sp³-hybridized carbons (Fsp3) is 0.185. The van der Waals surface area contributed by atoms with E-state index in [0.29, 0.717) is 48.3 Å². The van der Waals surface area contributed by atoms with Gasteiger partial charge in [-0.25, -0.2) is 9.18 Å². The number of fused-ring (bicyclic) bond motifs is 1. The molecule has 0 unspecified atom stereocenters. The van der Waals surface area contributed by atoms with Crippen LogP contribution >= 0.6 is 0 Å². The minimum Gasteiger partial charge on any atom is -0.466 e. The topological polar surface area (TPSA) is 87.3 Å². The zero-order valence-electron chi connectivity index (χ0n) is 19.4. The van der Waals surface area contributed by atoms with Gasteiger partial charge in [0.1, 0.15) is 22.6 Å².